The summed E-state index contributed by atoms with van der Waals surface area (Å²) in [4.78, 5) is 16.0. The summed E-state index contributed by atoms with van der Waals surface area (Å²) in [6.07, 6.45) is 3.34. The van der Waals surface area contributed by atoms with Crippen LogP contribution in [0.1, 0.15) is 16.4 Å². The molecule has 2 aromatic heterocycles. The molecular formula is C12H12BrN3O2S. The third-order valence-corrected chi connectivity index (χ3v) is 4.05. The molecule has 2 aromatic rings. The molecule has 2 heterocycles. The fourth-order valence-corrected chi connectivity index (χ4v) is 2.71. The van der Waals surface area contributed by atoms with Crippen LogP contribution in [0.2, 0.25) is 0 Å². The average Bonchev–Trinajstić information content (AvgIpc) is 2.93. The van der Waals surface area contributed by atoms with Crippen molar-refractivity contribution in [1.29, 1.82) is 0 Å². The smallest absolute Gasteiger partial charge is 0.341 e. The molecule has 7 heteroatoms. The summed E-state index contributed by atoms with van der Waals surface area (Å²) in [6.45, 7) is 1.95. The van der Waals surface area contributed by atoms with E-state index in [1.807, 2.05) is 20.0 Å². The number of nitrogens with zero attached hydrogens (tertiary/aromatic N) is 3. The third kappa shape index (κ3) is 3.10. The van der Waals surface area contributed by atoms with Crippen LogP contribution < -0.4 is 0 Å². The maximum Gasteiger partial charge on any atom is 0.341 e. The van der Waals surface area contributed by atoms with Gasteiger partial charge in [0, 0.05) is 12.7 Å². The van der Waals surface area contributed by atoms with Gasteiger partial charge < -0.3 is 4.74 Å². The number of hydrogen-bond acceptors (Lipinski definition) is 5. The molecule has 0 amide bonds. The van der Waals surface area contributed by atoms with Crippen LogP contribution in [0, 0.1) is 6.92 Å². The number of hydrogen-bond donors (Lipinski definition) is 0. The highest BCUT2D eigenvalue weighted by atomic mass is 79.9. The van der Waals surface area contributed by atoms with E-state index in [9.17, 15) is 4.79 Å². The van der Waals surface area contributed by atoms with E-state index in [-0.39, 0.29) is 0 Å². The van der Waals surface area contributed by atoms with Gasteiger partial charge in [0.2, 0.25) is 0 Å². The Balaban J connectivity index is 2.46. The molecule has 0 N–H and O–H groups in total. The van der Waals surface area contributed by atoms with Crippen LogP contribution in [0.5, 0.6) is 0 Å². The van der Waals surface area contributed by atoms with E-state index in [0.29, 0.717) is 16.3 Å². The standard InChI is InChI=1S/C12H12BrN3O2S/c1-7-4-8(15-16(7)2)5-9(12(17)18-3)11-14-6-10(13)19-11/h4-6H,1-3H3. The number of halogens is 1. The molecule has 100 valence electrons. The lowest BCUT2D eigenvalue weighted by molar-refractivity contribution is -0.133. The first-order chi connectivity index (χ1) is 9.01. The number of esters is 1. The van der Waals surface area contributed by atoms with Crippen LogP contribution >= 0.6 is 27.3 Å². The minimum Gasteiger partial charge on any atom is -0.465 e. The number of aryl methyl sites for hydroxylation is 2. The molecular weight excluding hydrogens is 330 g/mol. The van der Waals surface area contributed by atoms with Crippen molar-refractivity contribution in [2.24, 2.45) is 7.05 Å². The summed E-state index contributed by atoms with van der Waals surface area (Å²) in [5.41, 5.74) is 2.11. The molecule has 0 atom stereocenters. The van der Waals surface area contributed by atoms with E-state index in [4.69, 9.17) is 4.74 Å². The number of methoxy groups -OCH3 is 1. The molecule has 0 fully saturated rings. The van der Waals surface area contributed by atoms with Gasteiger partial charge >= 0.3 is 5.97 Å². The van der Waals surface area contributed by atoms with Gasteiger partial charge in [-0.2, -0.15) is 5.10 Å². The monoisotopic (exact) mass is 341 g/mol. The summed E-state index contributed by atoms with van der Waals surface area (Å²) < 4.78 is 7.40. The largest absolute Gasteiger partial charge is 0.465 e. The summed E-state index contributed by atoms with van der Waals surface area (Å²) in [7, 11) is 3.20. The van der Waals surface area contributed by atoms with Crippen LogP contribution in [-0.4, -0.2) is 27.8 Å². The van der Waals surface area contributed by atoms with Gasteiger partial charge in [0.1, 0.15) is 5.01 Å². The molecule has 0 unspecified atom stereocenters. The number of ether oxygens (including phenoxy) is 1. The van der Waals surface area contributed by atoms with Crippen molar-refractivity contribution in [2.45, 2.75) is 6.92 Å². The van der Waals surface area contributed by atoms with Crippen LogP contribution in [0.3, 0.4) is 0 Å². The van der Waals surface area contributed by atoms with E-state index in [2.05, 4.69) is 26.0 Å². The molecule has 0 radical (unpaired) electrons. The number of carbonyl (C=O) groups is 1. The highest BCUT2D eigenvalue weighted by Gasteiger charge is 2.17. The molecule has 0 aliphatic carbocycles. The second-order valence-corrected chi connectivity index (χ2v) is 6.26. The molecule has 2 rings (SSSR count). The number of thiazole rings is 1. The SMILES string of the molecule is COC(=O)C(=Cc1cc(C)n(C)n1)c1ncc(Br)s1. The van der Waals surface area contributed by atoms with E-state index in [1.54, 1.807) is 17.0 Å². The first-order valence-corrected chi connectivity index (χ1v) is 7.04. The van der Waals surface area contributed by atoms with Gasteiger partial charge in [0.25, 0.3) is 0 Å². The average molecular weight is 342 g/mol. The molecule has 0 bridgehead atoms. The molecule has 0 saturated carbocycles. The van der Waals surface area contributed by atoms with E-state index < -0.39 is 5.97 Å². The zero-order chi connectivity index (χ0) is 14.0. The second-order valence-electron chi connectivity index (χ2n) is 3.85. The predicted octanol–water partition coefficient (Wildman–Crippen LogP) is 2.66. The predicted molar refractivity (Wildman–Crippen MR) is 77.6 cm³/mol. The third-order valence-electron chi connectivity index (χ3n) is 2.54. The summed E-state index contributed by atoms with van der Waals surface area (Å²) in [6, 6.07) is 1.89. The van der Waals surface area contributed by atoms with Gasteiger partial charge in [-0.25, -0.2) is 9.78 Å². The van der Waals surface area contributed by atoms with Crippen molar-refractivity contribution in [3.63, 3.8) is 0 Å². The normalized spacial score (nSPS) is 11.7. The zero-order valence-electron chi connectivity index (χ0n) is 10.7. The molecule has 19 heavy (non-hydrogen) atoms. The quantitative estimate of drug-likeness (QED) is 0.636. The Morgan fingerprint density at radius 3 is 2.79 bits per heavy atom. The summed E-state index contributed by atoms with van der Waals surface area (Å²) >= 11 is 4.70. The number of aromatic nitrogens is 3. The highest BCUT2D eigenvalue weighted by Crippen LogP contribution is 2.27. The lowest BCUT2D eigenvalue weighted by atomic mass is 10.2. The Morgan fingerprint density at radius 1 is 1.58 bits per heavy atom. The maximum absolute atomic E-state index is 11.8. The van der Waals surface area contributed by atoms with E-state index >= 15 is 0 Å². The molecule has 0 spiro atoms. The molecule has 0 aliphatic heterocycles. The van der Waals surface area contributed by atoms with Gasteiger partial charge in [0.05, 0.1) is 28.4 Å². The first kappa shape index (κ1) is 14.0. The Hall–Kier alpha value is -1.47. The van der Waals surface area contributed by atoms with Gasteiger partial charge in [-0.15, -0.1) is 11.3 Å². The molecule has 5 nitrogen and oxygen atoms in total. The lowest BCUT2D eigenvalue weighted by Gasteiger charge is -2.00. The lowest BCUT2D eigenvalue weighted by Crippen LogP contribution is -2.03. The van der Waals surface area contributed by atoms with Crippen LogP contribution in [-0.2, 0) is 16.6 Å². The van der Waals surface area contributed by atoms with Crippen molar-refractivity contribution in [3.05, 3.63) is 32.4 Å². The van der Waals surface area contributed by atoms with Crippen LogP contribution in [0.25, 0.3) is 11.6 Å². The van der Waals surface area contributed by atoms with Gasteiger partial charge in [-0.05, 0) is 35.0 Å². The molecule has 0 aliphatic rings. The van der Waals surface area contributed by atoms with Gasteiger partial charge in [0.15, 0.2) is 0 Å². The van der Waals surface area contributed by atoms with Crippen molar-refractivity contribution in [2.75, 3.05) is 7.11 Å². The van der Waals surface area contributed by atoms with Crippen LogP contribution in [0.15, 0.2) is 16.0 Å². The summed E-state index contributed by atoms with van der Waals surface area (Å²) in [5.74, 6) is -0.426. The van der Waals surface area contributed by atoms with Gasteiger partial charge in [-0.3, -0.25) is 4.68 Å². The van der Waals surface area contributed by atoms with Crippen molar-refractivity contribution in [3.8, 4) is 0 Å². The Morgan fingerprint density at radius 2 is 2.32 bits per heavy atom. The Kier molecular flexibility index (Phi) is 4.16. The van der Waals surface area contributed by atoms with Crippen molar-refractivity contribution < 1.29 is 9.53 Å². The Labute approximate surface area is 123 Å². The molecule has 0 aromatic carbocycles. The van der Waals surface area contributed by atoms with E-state index in [1.165, 1.54) is 18.4 Å². The minimum atomic E-state index is -0.426. The second kappa shape index (κ2) is 5.66. The van der Waals surface area contributed by atoms with Gasteiger partial charge in [-0.1, -0.05) is 0 Å². The summed E-state index contributed by atoms with van der Waals surface area (Å²) in [5, 5.41) is 4.90. The van der Waals surface area contributed by atoms with E-state index in [0.717, 1.165) is 9.48 Å². The topological polar surface area (TPSA) is 57.0 Å². The number of carbonyl (C=O) groups excluding carboxylic acids is 1. The van der Waals surface area contributed by atoms with Crippen LogP contribution in [0.4, 0.5) is 0 Å². The fraction of sp³-hybridized carbons (Fsp3) is 0.250. The number of rotatable bonds is 3. The fourth-order valence-electron chi connectivity index (χ4n) is 1.50. The Bertz CT molecular complexity index is 626. The van der Waals surface area contributed by atoms with Crippen molar-refractivity contribution >= 4 is 44.9 Å². The van der Waals surface area contributed by atoms with Crippen molar-refractivity contribution in [1.82, 2.24) is 14.8 Å². The first-order valence-electron chi connectivity index (χ1n) is 5.43. The highest BCUT2D eigenvalue weighted by molar-refractivity contribution is 9.11. The maximum atomic E-state index is 11.8. The molecule has 0 saturated heterocycles. The zero-order valence-corrected chi connectivity index (χ0v) is 13.1. The minimum absolute atomic E-state index is 0.399.